The second-order valence-corrected chi connectivity index (χ2v) is 6.42. The van der Waals surface area contributed by atoms with Crippen molar-refractivity contribution in [3.8, 4) is 5.75 Å². The molecule has 0 aliphatic carbocycles. The van der Waals surface area contributed by atoms with Gasteiger partial charge in [-0.2, -0.15) is 4.52 Å². The quantitative estimate of drug-likeness (QED) is 0.499. The summed E-state index contributed by atoms with van der Waals surface area (Å²) in [4.78, 5) is 3.99. The molecule has 28 heavy (non-hydrogen) atoms. The highest BCUT2D eigenvalue weighted by atomic mass is 35.5. The summed E-state index contributed by atoms with van der Waals surface area (Å²) in [5.41, 5.74) is 2.51. The average Bonchev–Trinajstić information content (AvgIpc) is 3.10. The van der Waals surface area contributed by atoms with Gasteiger partial charge in [0.05, 0.1) is 0 Å². The van der Waals surface area contributed by atoms with E-state index in [4.69, 9.17) is 16.3 Å². The summed E-state index contributed by atoms with van der Waals surface area (Å²) in [6.07, 6.45) is 1.79. The topological polar surface area (TPSA) is 76.7 Å². The largest absolute Gasteiger partial charge is 0.486 e. The Labute approximate surface area is 166 Å². The van der Waals surface area contributed by atoms with Gasteiger partial charge in [-0.25, -0.2) is 0 Å². The molecule has 140 valence electrons. The van der Waals surface area contributed by atoms with Gasteiger partial charge in [0.2, 0.25) is 0 Å². The van der Waals surface area contributed by atoms with E-state index >= 15 is 0 Å². The first-order chi connectivity index (χ1) is 13.7. The molecule has 2 aromatic heterocycles. The van der Waals surface area contributed by atoms with Crippen LogP contribution in [0.3, 0.4) is 0 Å². The molecule has 0 atom stereocenters. The molecule has 0 fully saturated rings. The summed E-state index contributed by atoms with van der Waals surface area (Å²) in [6.45, 7) is 0.246. The number of nitrogens with one attached hydrogen (secondary N) is 1. The summed E-state index contributed by atoms with van der Waals surface area (Å²) in [6, 6.07) is 18.8. The number of fused-ring (bicyclic) bond motifs is 1. The van der Waals surface area contributed by atoms with Crippen molar-refractivity contribution in [3.05, 3.63) is 77.1 Å². The van der Waals surface area contributed by atoms with Crippen LogP contribution in [-0.4, -0.2) is 33.1 Å². The fourth-order valence-corrected chi connectivity index (χ4v) is 2.84. The second-order valence-electron chi connectivity index (χ2n) is 5.99. The van der Waals surface area contributed by atoms with Crippen LogP contribution in [0.5, 0.6) is 5.75 Å². The van der Waals surface area contributed by atoms with Crippen LogP contribution in [0.25, 0.3) is 5.65 Å². The van der Waals surface area contributed by atoms with E-state index in [2.05, 4.69) is 25.6 Å². The van der Waals surface area contributed by atoms with E-state index in [0.29, 0.717) is 22.3 Å². The number of rotatable bonds is 6. The second kappa shape index (κ2) is 8.06. The Morgan fingerprint density at radius 2 is 1.96 bits per heavy atom. The first-order valence-electron chi connectivity index (χ1n) is 8.60. The molecule has 2 heterocycles. The highest BCUT2D eigenvalue weighted by Crippen LogP contribution is 2.19. The molecule has 0 radical (unpaired) electrons. The van der Waals surface area contributed by atoms with Crippen LogP contribution in [0.15, 0.2) is 65.7 Å². The van der Waals surface area contributed by atoms with Crippen molar-refractivity contribution < 1.29 is 4.74 Å². The molecule has 0 saturated heterocycles. The molecule has 0 unspecified atom stereocenters. The molecule has 0 amide bonds. The Morgan fingerprint density at radius 1 is 1.11 bits per heavy atom. The van der Waals surface area contributed by atoms with E-state index in [0.717, 1.165) is 17.0 Å². The fraction of sp³-hybridized carbons (Fsp3) is 0.100. The minimum Gasteiger partial charge on any atom is -0.486 e. The normalized spacial score (nSPS) is 11.2. The third kappa shape index (κ3) is 4.10. The summed E-state index contributed by atoms with van der Waals surface area (Å²) < 4.78 is 7.48. The Kier molecular flexibility index (Phi) is 5.16. The Bertz CT molecular complexity index is 1120. The van der Waals surface area contributed by atoms with Gasteiger partial charge in [0, 0.05) is 24.0 Å². The number of nitrogens with zero attached hydrogens (tertiary/aromatic N) is 5. The number of aliphatic imine (C=N–C) groups is 1. The molecule has 0 bridgehead atoms. The molecule has 8 heteroatoms. The first-order valence-corrected chi connectivity index (χ1v) is 8.98. The van der Waals surface area contributed by atoms with Crippen LogP contribution in [0.2, 0.25) is 5.02 Å². The minimum atomic E-state index is 0.246. The molecule has 4 rings (SSSR count). The fourth-order valence-electron chi connectivity index (χ4n) is 2.65. The Hall–Kier alpha value is -3.45. The lowest BCUT2D eigenvalue weighted by molar-refractivity contribution is 0.292. The van der Waals surface area contributed by atoms with Crippen molar-refractivity contribution in [2.24, 2.45) is 4.99 Å². The maximum absolute atomic E-state index is 6.03. The molecule has 1 N–H and O–H groups in total. The first kappa shape index (κ1) is 17.9. The van der Waals surface area contributed by atoms with Crippen molar-refractivity contribution in [3.63, 3.8) is 0 Å². The SMILES string of the molecule is CN=Cc1ccc(OCc2nnc3ccc(Nc4cccc(Cl)c4)nn23)cc1. The zero-order valence-corrected chi connectivity index (χ0v) is 15.8. The summed E-state index contributed by atoms with van der Waals surface area (Å²) in [7, 11) is 1.74. The molecular weight excluding hydrogens is 376 g/mol. The van der Waals surface area contributed by atoms with Gasteiger partial charge in [-0.05, 0) is 60.2 Å². The minimum absolute atomic E-state index is 0.246. The highest BCUT2D eigenvalue weighted by molar-refractivity contribution is 6.30. The van der Waals surface area contributed by atoms with Crippen LogP contribution in [0, 0.1) is 0 Å². The van der Waals surface area contributed by atoms with Gasteiger partial charge in [0.1, 0.15) is 12.4 Å². The third-order valence-corrected chi connectivity index (χ3v) is 4.19. The van der Waals surface area contributed by atoms with E-state index < -0.39 is 0 Å². The lowest BCUT2D eigenvalue weighted by Crippen LogP contribution is -2.05. The molecule has 0 spiro atoms. The van der Waals surface area contributed by atoms with Crippen molar-refractivity contribution in [1.29, 1.82) is 0 Å². The Morgan fingerprint density at radius 3 is 2.75 bits per heavy atom. The van der Waals surface area contributed by atoms with Gasteiger partial charge in [0.15, 0.2) is 17.3 Å². The number of halogens is 1. The van der Waals surface area contributed by atoms with Gasteiger partial charge >= 0.3 is 0 Å². The summed E-state index contributed by atoms with van der Waals surface area (Å²) >= 11 is 6.03. The maximum Gasteiger partial charge on any atom is 0.192 e. The van der Waals surface area contributed by atoms with E-state index in [1.807, 2.05) is 60.7 Å². The Balaban J connectivity index is 1.51. The predicted molar refractivity (Wildman–Crippen MR) is 110 cm³/mol. The monoisotopic (exact) mass is 392 g/mol. The molecule has 0 saturated carbocycles. The van der Waals surface area contributed by atoms with Crippen LogP contribution in [-0.2, 0) is 6.61 Å². The lowest BCUT2D eigenvalue weighted by Gasteiger charge is -2.07. The van der Waals surface area contributed by atoms with Crippen molar-refractivity contribution in [2.45, 2.75) is 6.61 Å². The van der Waals surface area contributed by atoms with Crippen LogP contribution in [0.1, 0.15) is 11.4 Å². The number of hydrogen-bond acceptors (Lipinski definition) is 6. The molecular formula is C20H17ClN6O. The van der Waals surface area contributed by atoms with Gasteiger partial charge in [0.25, 0.3) is 0 Å². The predicted octanol–water partition coefficient (Wildman–Crippen LogP) is 4.15. The zero-order chi connectivity index (χ0) is 19.3. The standard InChI is InChI=1S/C20H17ClN6O/c1-22-12-14-5-7-17(8-6-14)28-13-20-25-24-19-10-9-18(26-27(19)20)23-16-4-2-3-15(21)11-16/h2-12H,13H2,1H3,(H,23,26). The number of benzene rings is 2. The lowest BCUT2D eigenvalue weighted by atomic mass is 10.2. The average molecular weight is 393 g/mol. The van der Waals surface area contributed by atoms with Gasteiger partial charge in [-0.15, -0.1) is 15.3 Å². The van der Waals surface area contributed by atoms with E-state index in [1.165, 1.54) is 0 Å². The van der Waals surface area contributed by atoms with Crippen LogP contribution in [0.4, 0.5) is 11.5 Å². The van der Waals surface area contributed by atoms with Crippen molar-refractivity contribution in [2.75, 3.05) is 12.4 Å². The van der Waals surface area contributed by atoms with Gasteiger partial charge in [-0.3, -0.25) is 4.99 Å². The number of ether oxygens (including phenoxy) is 1. The zero-order valence-electron chi connectivity index (χ0n) is 15.1. The molecule has 2 aromatic carbocycles. The summed E-state index contributed by atoms with van der Waals surface area (Å²) in [5.74, 6) is 1.99. The molecule has 0 aliphatic rings. The van der Waals surface area contributed by atoms with E-state index in [1.54, 1.807) is 17.8 Å². The van der Waals surface area contributed by atoms with E-state index in [9.17, 15) is 0 Å². The summed E-state index contributed by atoms with van der Waals surface area (Å²) in [5, 5.41) is 16.7. The van der Waals surface area contributed by atoms with E-state index in [-0.39, 0.29) is 6.61 Å². The van der Waals surface area contributed by atoms with Gasteiger partial charge in [-0.1, -0.05) is 17.7 Å². The van der Waals surface area contributed by atoms with Gasteiger partial charge < -0.3 is 10.1 Å². The highest BCUT2D eigenvalue weighted by Gasteiger charge is 2.09. The third-order valence-electron chi connectivity index (χ3n) is 3.95. The molecule has 0 aliphatic heterocycles. The van der Waals surface area contributed by atoms with Crippen LogP contribution < -0.4 is 10.1 Å². The maximum atomic E-state index is 6.03. The smallest absolute Gasteiger partial charge is 0.192 e. The molecule has 4 aromatic rings. The van der Waals surface area contributed by atoms with Crippen LogP contribution >= 0.6 is 11.6 Å². The molecule has 7 nitrogen and oxygen atoms in total. The number of hydrogen-bond donors (Lipinski definition) is 1. The number of aromatic nitrogens is 4. The van der Waals surface area contributed by atoms with Crippen molar-refractivity contribution in [1.82, 2.24) is 19.8 Å². The van der Waals surface area contributed by atoms with Crippen molar-refractivity contribution >= 4 is 35.0 Å². The number of anilines is 2.